The third kappa shape index (κ3) is 1.07. The molecule has 0 atom stereocenters. The quantitative estimate of drug-likeness (QED) is 0.440. The van der Waals surface area contributed by atoms with Crippen LogP contribution in [0.4, 0.5) is 11.4 Å². The van der Waals surface area contributed by atoms with Gasteiger partial charge in [-0.15, -0.1) is 0 Å². The van der Waals surface area contributed by atoms with E-state index in [-0.39, 0.29) is 0 Å². The summed E-state index contributed by atoms with van der Waals surface area (Å²) in [7, 11) is 0. The molecule has 0 aromatic heterocycles. The highest BCUT2D eigenvalue weighted by atomic mass is 16.1. The van der Waals surface area contributed by atoms with Gasteiger partial charge in [-0.2, -0.15) is 0 Å². The third-order valence-electron chi connectivity index (χ3n) is 1.24. The standard InChI is InChI=1S/C7H8N2O/c8-6-1-2-7(9)5(3-6)4-10/h1-4H,8-9H2. The van der Waals surface area contributed by atoms with Crippen LogP contribution in [0.1, 0.15) is 10.4 Å². The number of nitrogen functional groups attached to an aromatic ring is 2. The largest absolute Gasteiger partial charge is 0.399 e. The van der Waals surface area contributed by atoms with Crippen molar-refractivity contribution in [3.63, 3.8) is 0 Å². The summed E-state index contributed by atoms with van der Waals surface area (Å²) < 4.78 is 0. The maximum atomic E-state index is 10.2. The Balaban J connectivity index is 3.21. The monoisotopic (exact) mass is 136 g/mol. The van der Waals surface area contributed by atoms with Crippen molar-refractivity contribution in [3.8, 4) is 0 Å². The van der Waals surface area contributed by atoms with Crippen LogP contribution in [0.25, 0.3) is 0 Å². The average Bonchev–Trinajstić information content (AvgIpc) is 1.94. The number of anilines is 2. The fourth-order valence-electron chi connectivity index (χ4n) is 0.695. The van der Waals surface area contributed by atoms with E-state index in [4.69, 9.17) is 11.5 Å². The Hall–Kier alpha value is -1.51. The molecular formula is C7H8N2O. The zero-order valence-corrected chi connectivity index (χ0v) is 5.37. The van der Waals surface area contributed by atoms with Gasteiger partial charge >= 0.3 is 0 Å². The maximum absolute atomic E-state index is 10.2. The van der Waals surface area contributed by atoms with Crippen LogP contribution in [0.15, 0.2) is 18.2 Å². The molecule has 0 saturated carbocycles. The van der Waals surface area contributed by atoms with E-state index < -0.39 is 0 Å². The number of aldehydes is 1. The second kappa shape index (κ2) is 2.39. The third-order valence-corrected chi connectivity index (χ3v) is 1.24. The Labute approximate surface area is 58.6 Å². The Morgan fingerprint density at radius 2 is 2.00 bits per heavy atom. The number of carbonyl (C=O) groups is 1. The number of rotatable bonds is 1. The van der Waals surface area contributed by atoms with Crippen molar-refractivity contribution < 1.29 is 4.79 Å². The highest BCUT2D eigenvalue weighted by Crippen LogP contribution is 2.12. The van der Waals surface area contributed by atoms with Gasteiger partial charge in [-0.3, -0.25) is 4.79 Å². The molecule has 0 fully saturated rings. The number of benzene rings is 1. The molecule has 0 radical (unpaired) electrons. The number of hydrogen-bond acceptors (Lipinski definition) is 3. The van der Waals surface area contributed by atoms with Crippen molar-refractivity contribution in [2.75, 3.05) is 11.5 Å². The zero-order valence-electron chi connectivity index (χ0n) is 5.37. The Morgan fingerprint density at radius 3 is 2.50 bits per heavy atom. The molecule has 52 valence electrons. The molecule has 0 saturated heterocycles. The molecule has 3 nitrogen and oxygen atoms in total. The number of carbonyl (C=O) groups excluding carboxylic acids is 1. The van der Waals surface area contributed by atoms with Crippen LogP contribution >= 0.6 is 0 Å². The van der Waals surface area contributed by atoms with Gasteiger partial charge in [-0.1, -0.05) is 0 Å². The lowest BCUT2D eigenvalue weighted by molar-refractivity contribution is 0.112. The van der Waals surface area contributed by atoms with Crippen molar-refractivity contribution in [1.82, 2.24) is 0 Å². The molecule has 0 aliphatic heterocycles. The molecule has 3 heteroatoms. The summed E-state index contributed by atoms with van der Waals surface area (Å²) in [6.45, 7) is 0. The predicted molar refractivity (Wildman–Crippen MR) is 40.7 cm³/mol. The van der Waals surface area contributed by atoms with Crippen LogP contribution in [0.3, 0.4) is 0 Å². The van der Waals surface area contributed by atoms with Gasteiger partial charge in [-0.25, -0.2) is 0 Å². The first-order chi connectivity index (χ1) is 4.74. The normalized spacial score (nSPS) is 9.20. The van der Waals surface area contributed by atoms with E-state index in [0.29, 0.717) is 23.2 Å². The molecule has 1 rings (SSSR count). The minimum Gasteiger partial charge on any atom is -0.399 e. The van der Waals surface area contributed by atoms with Gasteiger partial charge in [0.25, 0.3) is 0 Å². The first-order valence-electron chi connectivity index (χ1n) is 2.84. The van der Waals surface area contributed by atoms with Gasteiger partial charge in [0.2, 0.25) is 0 Å². The van der Waals surface area contributed by atoms with E-state index >= 15 is 0 Å². The summed E-state index contributed by atoms with van der Waals surface area (Å²) in [5.74, 6) is 0. The topological polar surface area (TPSA) is 69.1 Å². The van der Waals surface area contributed by atoms with Crippen LogP contribution < -0.4 is 11.5 Å². The molecule has 1 aromatic carbocycles. The number of hydrogen-bond donors (Lipinski definition) is 2. The van der Waals surface area contributed by atoms with Gasteiger partial charge in [-0.05, 0) is 18.2 Å². The SMILES string of the molecule is Nc1ccc(N)c(C=O)c1. The molecule has 0 heterocycles. The lowest BCUT2D eigenvalue weighted by Crippen LogP contribution is -1.94. The van der Waals surface area contributed by atoms with Gasteiger partial charge in [0.1, 0.15) is 0 Å². The van der Waals surface area contributed by atoms with Crippen molar-refractivity contribution >= 4 is 17.7 Å². The van der Waals surface area contributed by atoms with E-state index in [2.05, 4.69) is 0 Å². The summed E-state index contributed by atoms with van der Waals surface area (Å²) in [6.07, 6.45) is 0.686. The van der Waals surface area contributed by atoms with Crippen LogP contribution in [0, 0.1) is 0 Å². The smallest absolute Gasteiger partial charge is 0.152 e. The maximum Gasteiger partial charge on any atom is 0.152 e. The van der Waals surface area contributed by atoms with Gasteiger partial charge in [0.15, 0.2) is 6.29 Å². The minimum absolute atomic E-state index is 0.444. The zero-order chi connectivity index (χ0) is 7.56. The van der Waals surface area contributed by atoms with E-state index in [1.807, 2.05) is 0 Å². The van der Waals surface area contributed by atoms with Crippen molar-refractivity contribution in [2.45, 2.75) is 0 Å². The molecular weight excluding hydrogens is 128 g/mol. The van der Waals surface area contributed by atoms with E-state index in [1.54, 1.807) is 18.2 Å². The molecule has 0 spiro atoms. The second-order valence-corrected chi connectivity index (χ2v) is 2.01. The molecule has 0 bridgehead atoms. The fourth-order valence-corrected chi connectivity index (χ4v) is 0.695. The summed E-state index contributed by atoms with van der Waals surface area (Å²) in [6, 6.07) is 4.81. The Bertz CT molecular complexity index is 258. The Kier molecular flexibility index (Phi) is 1.58. The summed E-state index contributed by atoms with van der Waals surface area (Å²) in [5.41, 5.74) is 12.3. The summed E-state index contributed by atoms with van der Waals surface area (Å²) in [4.78, 5) is 10.2. The molecule has 0 amide bonds. The van der Waals surface area contributed by atoms with Gasteiger partial charge in [0, 0.05) is 16.9 Å². The number of nitrogens with two attached hydrogens (primary N) is 2. The first-order valence-corrected chi connectivity index (χ1v) is 2.84. The van der Waals surface area contributed by atoms with Crippen molar-refractivity contribution in [1.29, 1.82) is 0 Å². The predicted octanol–water partition coefficient (Wildman–Crippen LogP) is 0.664. The molecule has 0 aliphatic carbocycles. The van der Waals surface area contributed by atoms with Crippen LogP contribution in [0.5, 0.6) is 0 Å². The Morgan fingerprint density at radius 1 is 1.30 bits per heavy atom. The van der Waals surface area contributed by atoms with Gasteiger partial charge in [0.05, 0.1) is 0 Å². The van der Waals surface area contributed by atoms with Crippen LogP contribution in [0.2, 0.25) is 0 Å². The second-order valence-electron chi connectivity index (χ2n) is 2.01. The average molecular weight is 136 g/mol. The lowest BCUT2D eigenvalue weighted by Gasteiger charge is -1.97. The molecule has 10 heavy (non-hydrogen) atoms. The van der Waals surface area contributed by atoms with Crippen LogP contribution in [-0.4, -0.2) is 6.29 Å². The van der Waals surface area contributed by atoms with Crippen molar-refractivity contribution in [3.05, 3.63) is 23.8 Å². The van der Waals surface area contributed by atoms with E-state index in [1.165, 1.54) is 0 Å². The molecule has 0 unspecified atom stereocenters. The van der Waals surface area contributed by atoms with E-state index in [0.717, 1.165) is 0 Å². The van der Waals surface area contributed by atoms with E-state index in [9.17, 15) is 4.79 Å². The highest BCUT2D eigenvalue weighted by molar-refractivity contribution is 5.84. The first kappa shape index (κ1) is 6.61. The highest BCUT2D eigenvalue weighted by Gasteiger charge is 1.95. The van der Waals surface area contributed by atoms with Crippen LogP contribution in [-0.2, 0) is 0 Å². The lowest BCUT2D eigenvalue weighted by atomic mass is 10.2. The van der Waals surface area contributed by atoms with Crippen molar-refractivity contribution in [2.24, 2.45) is 0 Å². The van der Waals surface area contributed by atoms with Gasteiger partial charge < -0.3 is 11.5 Å². The molecule has 4 N–H and O–H groups in total. The summed E-state index contributed by atoms with van der Waals surface area (Å²) in [5, 5.41) is 0. The fraction of sp³-hybridized carbons (Fsp3) is 0. The molecule has 0 aliphatic rings. The summed E-state index contributed by atoms with van der Waals surface area (Å²) >= 11 is 0. The minimum atomic E-state index is 0.444. The molecule has 1 aromatic rings.